The van der Waals surface area contributed by atoms with Gasteiger partial charge in [0, 0.05) is 17.8 Å². The Morgan fingerprint density at radius 2 is 1.68 bits per heavy atom. The summed E-state index contributed by atoms with van der Waals surface area (Å²) in [6.45, 7) is 0. The molecule has 0 saturated carbocycles. The Kier molecular flexibility index (Phi) is 3.70. The van der Waals surface area contributed by atoms with Gasteiger partial charge in [0.15, 0.2) is 10.8 Å². The second-order valence-electron chi connectivity index (χ2n) is 6.43. The third kappa shape index (κ3) is 2.56. The van der Waals surface area contributed by atoms with Gasteiger partial charge in [-0.05, 0) is 17.5 Å². The lowest BCUT2D eigenvalue weighted by Crippen LogP contribution is -2.25. The molecule has 6 nitrogen and oxygen atoms in total. The van der Waals surface area contributed by atoms with E-state index >= 15 is 0 Å². The quantitative estimate of drug-likeness (QED) is 0.498. The van der Waals surface area contributed by atoms with Crippen LogP contribution in [0.15, 0.2) is 65.5 Å². The molecular weight excluding hydrogens is 372 g/mol. The first-order valence-electron chi connectivity index (χ1n) is 8.67. The third-order valence-electron chi connectivity index (χ3n) is 4.68. The monoisotopic (exact) mass is 386 g/mol. The fourth-order valence-electron chi connectivity index (χ4n) is 3.34. The van der Waals surface area contributed by atoms with Crippen molar-refractivity contribution in [3.8, 4) is 0 Å². The van der Waals surface area contributed by atoms with Crippen LogP contribution < -0.4 is 10.9 Å². The Hall–Kier alpha value is -3.58. The fourth-order valence-corrected chi connectivity index (χ4v) is 4.22. The number of aromatic nitrogens is 3. The van der Waals surface area contributed by atoms with E-state index in [-0.39, 0.29) is 11.3 Å². The number of thiazole rings is 1. The molecule has 0 aliphatic heterocycles. The van der Waals surface area contributed by atoms with Gasteiger partial charge in [-0.1, -0.05) is 59.9 Å². The number of aryl methyl sites for hydroxylation is 1. The van der Waals surface area contributed by atoms with Gasteiger partial charge in [0.05, 0.1) is 15.6 Å². The van der Waals surface area contributed by atoms with E-state index in [1.807, 2.05) is 36.4 Å². The standard InChI is InChI=1S/C21H14N4O2S/c1-25-20(27)15-9-5-4-8-14(15)18(24-25)19(26)23-21-22-17-13-7-3-2-6-12(13)10-11-16(17)28-21/h2-11H,1H3,(H,22,23,26). The molecule has 136 valence electrons. The van der Waals surface area contributed by atoms with Gasteiger partial charge in [-0.3, -0.25) is 14.9 Å². The fraction of sp³-hybridized carbons (Fsp3) is 0.0476. The molecule has 0 aliphatic carbocycles. The summed E-state index contributed by atoms with van der Waals surface area (Å²) < 4.78 is 2.18. The van der Waals surface area contributed by atoms with E-state index in [2.05, 4.69) is 15.4 Å². The van der Waals surface area contributed by atoms with Gasteiger partial charge in [0.25, 0.3) is 11.5 Å². The minimum Gasteiger partial charge on any atom is -0.296 e. The number of nitrogens with one attached hydrogen (secondary N) is 1. The van der Waals surface area contributed by atoms with Crippen molar-refractivity contribution in [3.63, 3.8) is 0 Å². The van der Waals surface area contributed by atoms with Gasteiger partial charge in [-0.15, -0.1) is 0 Å². The Bertz CT molecular complexity index is 1450. The summed E-state index contributed by atoms with van der Waals surface area (Å²) in [4.78, 5) is 29.8. The van der Waals surface area contributed by atoms with Gasteiger partial charge in [0.1, 0.15) is 0 Å². The average molecular weight is 386 g/mol. The van der Waals surface area contributed by atoms with Crippen LogP contribution in [0.3, 0.4) is 0 Å². The summed E-state index contributed by atoms with van der Waals surface area (Å²) in [5, 5.41) is 10.6. The number of benzene rings is 3. The van der Waals surface area contributed by atoms with Crippen LogP contribution in [-0.4, -0.2) is 20.7 Å². The lowest BCUT2D eigenvalue weighted by molar-refractivity contribution is 0.102. The van der Waals surface area contributed by atoms with E-state index < -0.39 is 5.91 Å². The van der Waals surface area contributed by atoms with Crippen LogP contribution in [-0.2, 0) is 7.05 Å². The Morgan fingerprint density at radius 3 is 2.50 bits per heavy atom. The first-order chi connectivity index (χ1) is 13.6. The van der Waals surface area contributed by atoms with Gasteiger partial charge >= 0.3 is 0 Å². The molecule has 3 aromatic carbocycles. The molecule has 2 aromatic heterocycles. The molecule has 0 saturated heterocycles. The number of hydrogen-bond donors (Lipinski definition) is 1. The van der Waals surface area contributed by atoms with Crippen LogP contribution >= 0.6 is 11.3 Å². The molecular formula is C21H14N4O2S. The van der Waals surface area contributed by atoms with Crippen molar-refractivity contribution < 1.29 is 4.79 Å². The van der Waals surface area contributed by atoms with Crippen molar-refractivity contribution in [2.75, 3.05) is 5.32 Å². The molecule has 0 spiro atoms. The van der Waals surface area contributed by atoms with Crippen LogP contribution in [0.4, 0.5) is 5.13 Å². The predicted molar refractivity (Wildman–Crippen MR) is 112 cm³/mol. The van der Waals surface area contributed by atoms with Crippen LogP contribution in [0.25, 0.3) is 31.8 Å². The highest BCUT2D eigenvalue weighted by Crippen LogP contribution is 2.32. The van der Waals surface area contributed by atoms with Crippen LogP contribution in [0.1, 0.15) is 10.5 Å². The molecule has 0 aliphatic rings. The summed E-state index contributed by atoms with van der Waals surface area (Å²) in [5.74, 6) is -0.393. The molecule has 0 radical (unpaired) electrons. The van der Waals surface area contributed by atoms with E-state index in [4.69, 9.17) is 0 Å². The molecule has 28 heavy (non-hydrogen) atoms. The van der Waals surface area contributed by atoms with Gasteiger partial charge in [-0.25, -0.2) is 9.67 Å². The summed E-state index contributed by atoms with van der Waals surface area (Å²) in [6.07, 6.45) is 0. The normalized spacial score (nSPS) is 11.3. The molecule has 0 bridgehead atoms. The molecule has 5 aromatic rings. The third-order valence-corrected chi connectivity index (χ3v) is 5.61. The maximum atomic E-state index is 12.9. The molecule has 0 fully saturated rings. The van der Waals surface area contributed by atoms with Crippen LogP contribution in [0.5, 0.6) is 0 Å². The predicted octanol–water partition coefficient (Wildman–Crippen LogP) is 3.95. The van der Waals surface area contributed by atoms with Gasteiger partial charge < -0.3 is 0 Å². The van der Waals surface area contributed by atoms with Crippen molar-refractivity contribution in [1.29, 1.82) is 0 Å². The lowest BCUT2D eigenvalue weighted by atomic mass is 10.1. The SMILES string of the molecule is Cn1nc(C(=O)Nc2nc3c(ccc4ccccc43)s2)c2ccccc2c1=O. The Balaban J connectivity index is 1.59. The number of carbonyl (C=O) groups excluding carboxylic acids is 1. The number of fused-ring (bicyclic) bond motifs is 4. The zero-order valence-electron chi connectivity index (χ0n) is 14.8. The number of rotatable bonds is 2. The summed E-state index contributed by atoms with van der Waals surface area (Å²) in [7, 11) is 1.54. The average Bonchev–Trinajstić information content (AvgIpc) is 3.13. The van der Waals surface area contributed by atoms with Crippen LogP contribution in [0, 0.1) is 0 Å². The summed E-state index contributed by atoms with van der Waals surface area (Å²) in [6, 6.07) is 19.0. The van der Waals surface area contributed by atoms with E-state index in [0.29, 0.717) is 15.9 Å². The number of hydrogen-bond acceptors (Lipinski definition) is 5. The Morgan fingerprint density at radius 1 is 0.964 bits per heavy atom. The number of carbonyl (C=O) groups is 1. The smallest absolute Gasteiger partial charge is 0.278 e. The second-order valence-corrected chi connectivity index (χ2v) is 7.46. The molecule has 0 atom stereocenters. The minimum absolute atomic E-state index is 0.196. The second kappa shape index (κ2) is 6.24. The minimum atomic E-state index is -0.393. The van der Waals surface area contributed by atoms with Crippen molar-refractivity contribution in [2.24, 2.45) is 7.05 Å². The molecule has 2 heterocycles. The molecule has 7 heteroatoms. The number of anilines is 1. The van der Waals surface area contributed by atoms with Crippen LogP contribution in [0.2, 0.25) is 0 Å². The lowest BCUT2D eigenvalue weighted by Gasteiger charge is -2.07. The highest BCUT2D eigenvalue weighted by Gasteiger charge is 2.17. The maximum absolute atomic E-state index is 12.9. The van der Waals surface area contributed by atoms with Crippen molar-refractivity contribution >= 4 is 54.1 Å². The van der Waals surface area contributed by atoms with E-state index in [1.54, 1.807) is 24.3 Å². The molecule has 0 unspecified atom stereocenters. The number of nitrogens with zero attached hydrogens (tertiary/aromatic N) is 3. The summed E-state index contributed by atoms with van der Waals surface area (Å²) >= 11 is 1.41. The highest BCUT2D eigenvalue weighted by molar-refractivity contribution is 7.22. The van der Waals surface area contributed by atoms with E-state index in [0.717, 1.165) is 21.0 Å². The topological polar surface area (TPSA) is 76.9 Å². The van der Waals surface area contributed by atoms with Crippen molar-refractivity contribution in [1.82, 2.24) is 14.8 Å². The van der Waals surface area contributed by atoms with Gasteiger partial charge in [-0.2, -0.15) is 5.10 Å². The zero-order valence-corrected chi connectivity index (χ0v) is 15.7. The summed E-state index contributed by atoms with van der Waals surface area (Å²) in [5.41, 5.74) is 0.817. The molecule has 1 amide bonds. The van der Waals surface area contributed by atoms with E-state index in [9.17, 15) is 9.59 Å². The van der Waals surface area contributed by atoms with Gasteiger partial charge in [0.2, 0.25) is 0 Å². The highest BCUT2D eigenvalue weighted by atomic mass is 32.1. The van der Waals surface area contributed by atoms with Crippen molar-refractivity contribution in [3.05, 3.63) is 76.7 Å². The molecule has 5 rings (SSSR count). The Labute approximate surface area is 163 Å². The number of amides is 1. The van der Waals surface area contributed by atoms with Crippen molar-refractivity contribution in [2.45, 2.75) is 0 Å². The molecule has 1 N–H and O–H groups in total. The van der Waals surface area contributed by atoms with E-state index in [1.165, 1.54) is 23.1 Å². The maximum Gasteiger partial charge on any atom is 0.278 e. The first kappa shape index (κ1) is 16.6. The first-order valence-corrected chi connectivity index (χ1v) is 9.49. The largest absolute Gasteiger partial charge is 0.296 e. The zero-order chi connectivity index (χ0) is 19.3.